The molecule has 0 spiro atoms. The van der Waals surface area contributed by atoms with Crippen molar-refractivity contribution in [2.75, 3.05) is 14.1 Å². The molecule has 2 nitrogen and oxygen atoms in total. The van der Waals surface area contributed by atoms with E-state index in [-0.39, 0.29) is 5.82 Å². The summed E-state index contributed by atoms with van der Waals surface area (Å²) in [7, 11) is 3.75. The van der Waals surface area contributed by atoms with E-state index in [9.17, 15) is 4.39 Å². The van der Waals surface area contributed by atoms with E-state index in [1.54, 1.807) is 12.1 Å². The highest BCUT2D eigenvalue weighted by molar-refractivity contribution is 5.32. The first-order valence-electron chi connectivity index (χ1n) is 3.96. The zero-order valence-electron chi connectivity index (χ0n) is 7.71. The zero-order valence-corrected chi connectivity index (χ0v) is 7.71. The fourth-order valence-corrected chi connectivity index (χ4v) is 1.09. The molecule has 1 aromatic rings. The third-order valence-corrected chi connectivity index (χ3v) is 1.67. The molecule has 0 bridgehead atoms. The number of hydrogen-bond donors (Lipinski definition) is 0. The van der Waals surface area contributed by atoms with Gasteiger partial charge >= 0.3 is 0 Å². The quantitative estimate of drug-likeness (QED) is 0.690. The maximum atomic E-state index is 13.2. The van der Waals surface area contributed by atoms with E-state index in [4.69, 9.17) is 5.26 Å². The molecule has 1 rings (SSSR count). The molecule has 0 unspecified atom stereocenters. The molecule has 0 aromatic heterocycles. The Hall–Kier alpha value is -1.40. The van der Waals surface area contributed by atoms with Gasteiger partial charge in [0.2, 0.25) is 0 Å². The number of nitrogens with zero attached hydrogens (tertiary/aromatic N) is 2. The summed E-state index contributed by atoms with van der Waals surface area (Å²) in [4.78, 5) is 1.88. The van der Waals surface area contributed by atoms with Gasteiger partial charge in [-0.1, -0.05) is 6.07 Å². The Morgan fingerprint density at radius 2 is 2.15 bits per heavy atom. The predicted molar refractivity (Wildman–Crippen MR) is 48.5 cm³/mol. The van der Waals surface area contributed by atoms with Crippen molar-refractivity contribution in [1.29, 1.82) is 5.26 Å². The van der Waals surface area contributed by atoms with Gasteiger partial charge in [0, 0.05) is 12.1 Å². The molecule has 0 saturated carbocycles. The van der Waals surface area contributed by atoms with E-state index in [2.05, 4.69) is 0 Å². The predicted octanol–water partition coefficient (Wildman–Crippen LogP) is 1.76. The first-order valence-corrected chi connectivity index (χ1v) is 3.96. The van der Waals surface area contributed by atoms with E-state index < -0.39 is 0 Å². The highest BCUT2D eigenvalue weighted by Crippen LogP contribution is 2.10. The van der Waals surface area contributed by atoms with Gasteiger partial charge in [0.15, 0.2) is 0 Å². The summed E-state index contributed by atoms with van der Waals surface area (Å²) in [5.41, 5.74) is 0.976. The second-order valence-corrected chi connectivity index (χ2v) is 3.16. The van der Waals surface area contributed by atoms with E-state index in [1.807, 2.05) is 25.1 Å². The molecule has 0 aliphatic carbocycles. The van der Waals surface area contributed by atoms with Crippen LogP contribution in [-0.4, -0.2) is 19.0 Å². The zero-order chi connectivity index (χ0) is 9.84. The molecule has 13 heavy (non-hydrogen) atoms. The topological polar surface area (TPSA) is 27.0 Å². The molecule has 0 radical (unpaired) electrons. The number of hydrogen-bond acceptors (Lipinski definition) is 2. The van der Waals surface area contributed by atoms with Crippen LogP contribution in [0.3, 0.4) is 0 Å². The van der Waals surface area contributed by atoms with Crippen LogP contribution in [0.4, 0.5) is 4.39 Å². The highest BCUT2D eigenvalue weighted by atomic mass is 19.1. The van der Waals surface area contributed by atoms with Crippen molar-refractivity contribution < 1.29 is 4.39 Å². The van der Waals surface area contributed by atoms with E-state index >= 15 is 0 Å². The van der Waals surface area contributed by atoms with Crippen molar-refractivity contribution in [2.45, 2.75) is 6.54 Å². The monoisotopic (exact) mass is 178 g/mol. The van der Waals surface area contributed by atoms with Crippen LogP contribution < -0.4 is 0 Å². The van der Waals surface area contributed by atoms with Gasteiger partial charge < -0.3 is 4.90 Å². The van der Waals surface area contributed by atoms with Crippen LogP contribution in [-0.2, 0) is 6.54 Å². The summed E-state index contributed by atoms with van der Waals surface area (Å²) in [5.74, 6) is -0.312. The SMILES string of the molecule is CN(C)Cc1ccc(C#N)cc1F. The van der Waals surface area contributed by atoms with Gasteiger partial charge in [-0.3, -0.25) is 0 Å². The van der Waals surface area contributed by atoms with Gasteiger partial charge in [0.05, 0.1) is 11.6 Å². The lowest BCUT2D eigenvalue weighted by atomic mass is 10.1. The van der Waals surface area contributed by atoms with Crippen LogP contribution in [0.1, 0.15) is 11.1 Å². The largest absolute Gasteiger partial charge is 0.305 e. The molecule has 0 atom stereocenters. The van der Waals surface area contributed by atoms with Gasteiger partial charge in [-0.15, -0.1) is 0 Å². The minimum absolute atomic E-state index is 0.312. The number of halogens is 1. The summed E-state index contributed by atoms with van der Waals surface area (Å²) in [6.07, 6.45) is 0. The second kappa shape index (κ2) is 4.01. The van der Waals surface area contributed by atoms with Crippen LogP contribution >= 0.6 is 0 Å². The van der Waals surface area contributed by atoms with Crippen LogP contribution in [0.2, 0.25) is 0 Å². The Kier molecular flexibility index (Phi) is 2.99. The fraction of sp³-hybridized carbons (Fsp3) is 0.300. The lowest BCUT2D eigenvalue weighted by Gasteiger charge is -2.09. The molecule has 0 aliphatic heterocycles. The van der Waals surface area contributed by atoms with Crippen LogP contribution in [0, 0.1) is 17.1 Å². The molecule has 0 amide bonds. The van der Waals surface area contributed by atoms with Gasteiger partial charge in [-0.05, 0) is 26.2 Å². The lowest BCUT2D eigenvalue weighted by molar-refractivity contribution is 0.392. The van der Waals surface area contributed by atoms with Crippen LogP contribution in [0.15, 0.2) is 18.2 Å². The van der Waals surface area contributed by atoms with Crippen LogP contribution in [0.25, 0.3) is 0 Å². The normalized spacial score (nSPS) is 10.1. The first kappa shape index (κ1) is 9.69. The molecular weight excluding hydrogens is 167 g/mol. The summed E-state index contributed by atoms with van der Waals surface area (Å²) < 4.78 is 13.2. The van der Waals surface area contributed by atoms with Crippen LogP contribution in [0.5, 0.6) is 0 Å². The molecule has 0 N–H and O–H groups in total. The third kappa shape index (κ3) is 2.53. The van der Waals surface area contributed by atoms with Crippen molar-refractivity contribution >= 4 is 0 Å². The molecular formula is C10H11FN2. The molecule has 0 saturated heterocycles. The van der Waals surface area contributed by atoms with Crippen molar-refractivity contribution in [1.82, 2.24) is 4.90 Å². The summed E-state index contributed by atoms with van der Waals surface area (Å²) in [6, 6.07) is 6.43. The smallest absolute Gasteiger partial charge is 0.129 e. The molecule has 0 fully saturated rings. The number of benzene rings is 1. The van der Waals surface area contributed by atoms with Crippen molar-refractivity contribution in [3.05, 3.63) is 35.1 Å². The summed E-state index contributed by atoms with van der Waals surface area (Å²) >= 11 is 0. The maximum Gasteiger partial charge on any atom is 0.129 e. The molecule has 0 heterocycles. The van der Waals surface area contributed by atoms with Crippen molar-refractivity contribution in [2.24, 2.45) is 0 Å². The average Bonchev–Trinajstić information content (AvgIpc) is 2.08. The Morgan fingerprint density at radius 3 is 2.62 bits per heavy atom. The Morgan fingerprint density at radius 1 is 1.46 bits per heavy atom. The number of rotatable bonds is 2. The molecule has 68 valence electrons. The van der Waals surface area contributed by atoms with Gasteiger partial charge in [-0.2, -0.15) is 5.26 Å². The van der Waals surface area contributed by atoms with Crippen molar-refractivity contribution in [3.63, 3.8) is 0 Å². The van der Waals surface area contributed by atoms with Crippen molar-refractivity contribution in [3.8, 4) is 6.07 Å². The van der Waals surface area contributed by atoms with Gasteiger partial charge in [0.25, 0.3) is 0 Å². The Balaban J connectivity index is 2.93. The van der Waals surface area contributed by atoms with E-state index in [0.29, 0.717) is 17.7 Å². The lowest BCUT2D eigenvalue weighted by Crippen LogP contribution is -2.11. The van der Waals surface area contributed by atoms with E-state index in [0.717, 1.165) is 0 Å². The minimum atomic E-state index is -0.312. The molecule has 3 heteroatoms. The maximum absolute atomic E-state index is 13.2. The fourth-order valence-electron chi connectivity index (χ4n) is 1.09. The molecule has 1 aromatic carbocycles. The van der Waals surface area contributed by atoms with Gasteiger partial charge in [0.1, 0.15) is 5.82 Å². The number of nitriles is 1. The summed E-state index contributed by atoms with van der Waals surface area (Å²) in [6.45, 7) is 0.553. The minimum Gasteiger partial charge on any atom is -0.305 e. The first-order chi connectivity index (χ1) is 6.13. The highest BCUT2D eigenvalue weighted by Gasteiger charge is 2.03. The Labute approximate surface area is 77.2 Å². The Bertz CT molecular complexity index is 339. The summed E-state index contributed by atoms with van der Waals surface area (Å²) in [5, 5.41) is 8.51. The molecule has 0 aliphatic rings. The standard InChI is InChI=1S/C10H11FN2/c1-13(2)7-9-4-3-8(6-12)5-10(9)11/h3-5H,7H2,1-2H3. The third-order valence-electron chi connectivity index (χ3n) is 1.67. The van der Waals surface area contributed by atoms with E-state index in [1.165, 1.54) is 6.07 Å². The van der Waals surface area contributed by atoms with Gasteiger partial charge in [-0.25, -0.2) is 4.39 Å². The second-order valence-electron chi connectivity index (χ2n) is 3.16. The average molecular weight is 178 g/mol.